The molecule has 2 bridgehead atoms. The lowest BCUT2D eigenvalue weighted by atomic mass is 9.93. The van der Waals surface area contributed by atoms with Crippen molar-refractivity contribution in [3.8, 4) is 0 Å². The van der Waals surface area contributed by atoms with Crippen LogP contribution >= 0.6 is 0 Å². The second-order valence-corrected chi connectivity index (χ2v) is 2.87. The van der Waals surface area contributed by atoms with E-state index in [9.17, 15) is 0 Å². The van der Waals surface area contributed by atoms with Crippen molar-refractivity contribution in [2.75, 3.05) is 0 Å². The molecular weight excluding hydrogens is 84.1 g/mol. The van der Waals surface area contributed by atoms with E-state index in [2.05, 4.69) is 13.0 Å². The minimum absolute atomic E-state index is 0.995. The Balaban J connectivity index is 2.26. The first-order chi connectivity index (χ1) is 3.36. The zero-order valence-electron chi connectivity index (χ0n) is 4.65. The summed E-state index contributed by atoms with van der Waals surface area (Å²) in [6, 6.07) is 0. The standard InChI is InChI=1S/C7H10/c1-5-2-6-3-7(5)4-6/h3,5,7H,2,4H2,1H3. The van der Waals surface area contributed by atoms with E-state index in [0.29, 0.717) is 0 Å². The molecule has 3 aliphatic rings. The highest BCUT2D eigenvalue weighted by atomic mass is 14.4. The molecule has 0 heterocycles. The second kappa shape index (κ2) is 0.936. The van der Waals surface area contributed by atoms with Crippen molar-refractivity contribution in [3.05, 3.63) is 11.6 Å². The Hall–Kier alpha value is -0.260. The van der Waals surface area contributed by atoms with Gasteiger partial charge in [-0.25, -0.2) is 0 Å². The first-order valence-corrected chi connectivity index (χ1v) is 3.06. The number of rotatable bonds is 0. The third kappa shape index (κ3) is 0.324. The number of fused-ring (bicyclic) bond motifs is 1. The average Bonchev–Trinajstić information content (AvgIpc) is 1.85. The second-order valence-electron chi connectivity index (χ2n) is 2.87. The molecule has 0 spiro atoms. The molecule has 0 aromatic heterocycles. The first kappa shape index (κ1) is 3.71. The molecule has 3 aliphatic carbocycles. The molecule has 0 radical (unpaired) electrons. The average molecular weight is 94.2 g/mol. The fraction of sp³-hybridized carbons (Fsp3) is 0.714. The zero-order chi connectivity index (χ0) is 4.85. The highest BCUT2D eigenvalue weighted by Gasteiger charge is 2.32. The Labute approximate surface area is 44.2 Å². The van der Waals surface area contributed by atoms with E-state index in [1.807, 2.05) is 0 Å². The minimum Gasteiger partial charge on any atom is -0.0816 e. The van der Waals surface area contributed by atoms with E-state index >= 15 is 0 Å². The van der Waals surface area contributed by atoms with Gasteiger partial charge in [0.25, 0.3) is 0 Å². The molecule has 0 amide bonds. The van der Waals surface area contributed by atoms with Crippen LogP contribution in [0, 0.1) is 11.8 Å². The van der Waals surface area contributed by atoms with Crippen molar-refractivity contribution in [2.24, 2.45) is 11.8 Å². The highest BCUT2D eigenvalue weighted by Crippen LogP contribution is 2.45. The highest BCUT2D eigenvalue weighted by molar-refractivity contribution is 5.25. The minimum atomic E-state index is 0.995. The van der Waals surface area contributed by atoms with Crippen LogP contribution in [0.3, 0.4) is 0 Å². The lowest BCUT2D eigenvalue weighted by Gasteiger charge is -2.12. The quantitative estimate of drug-likeness (QED) is 0.402. The van der Waals surface area contributed by atoms with Crippen molar-refractivity contribution in [1.29, 1.82) is 0 Å². The fourth-order valence-corrected chi connectivity index (χ4v) is 1.65. The summed E-state index contributed by atoms with van der Waals surface area (Å²) < 4.78 is 0. The van der Waals surface area contributed by atoms with Gasteiger partial charge in [-0.1, -0.05) is 18.6 Å². The van der Waals surface area contributed by atoms with Crippen LogP contribution in [0.15, 0.2) is 11.6 Å². The molecule has 1 saturated carbocycles. The lowest BCUT2D eigenvalue weighted by molar-refractivity contribution is 0.503. The predicted octanol–water partition coefficient (Wildman–Crippen LogP) is 1.97. The van der Waals surface area contributed by atoms with Crippen molar-refractivity contribution < 1.29 is 0 Å². The maximum atomic E-state index is 2.44. The van der Waals surface area contributed by atoms with Crippen LogP contribution in [0.25, 0.3) is 0 Å². The molecule has 0 aliphatic heterocycles. The molecule has 0 aromatic carbocycles. The van der Waals surface area contributed by atoms with Crippen molar-refractivity contribution in [3.63, 3.8) is 0 Å². The van der Waals surface area contributed by atoms with Crippen LogP contribution in [0.5, 0.6) is 0 Å². The third-order valence-corrected chi connectivity index (χ3v) is 2.26. The van der Waals surface area contributed by atoms with Gasteiger partial charge < -0.3 is 0 Å². The molecule has 3 rings (SSSR count). The summed E-state index contributed by atoms with van der Waals surface area (Å²) in [5.41, 5.74) is 1.72. The molecule has 0 N–H and O–H groups in total. The normalized spacial score (nSPS) is 45.6. The summed E-state index contributed by atoms with van der Waals surface area (Å²) in [5.74, 6) is 1.99. The van der Waals surface area contributed by atoms with E-state index in [0.717, 1.165) is 11.8 Å². The van der Waals surface area contributed by atoms with Gasteiger partial charge in [0.1, 0.15) is 0 Å². The van der Waals surface area contributed by atoms with Gasteiger partial charge in [0.15, 0.2) is 0 Å². The Kier molecular flexibility index (Phi) is 0.495. The molecule has 2 atom stereocenters. The Morgan fingerprint density at radius 3 is 2.43 bits per heavy atom. The summed E-state index contributed by atoms with van der Waals surface area (Å²) >= 11 is 0. The van der Waals surface area contributed by atoms with E-state index in [1.54, 1.807) is 5.57 Å². The van der Waals surface area contributed by atoms with Crippen LogP contribution in [0.4, 0.5) is 0 Å². The Morgan fingerprint density at radius 2 is 2.29 bits per heavy atom. The molecule has 2 unspecified atom stereocenters. The Bertz CT molecular complexity index is 122. The van der Waals surface area contributed by atoms with Crippen molar-refractivity contribution >= 4 is 0 Å². The zero-order valence-corrected chi connectivity index (χ0v) is 4.65. The molecule has 7 heavy (non-hydrogen) atoms. The topological polar surface area (TPSA) is 0 Å². The first-order valence-electron chi connectivity index (χ1n) is 3.06. The summed E-state index contributed by atoms with van der Waals surface area (Å²) in [4.78, 5) is 0. The van der Waals surface area contributed by atoms with Gasteiger partial charge in [-0.3, -0.25) is 0 Å². The molecule has 0 nitrogen and oxygen atoms in total. The van der Waals surface area contributed by atoms with Crippen LogP contribution in [-0.4, -0.2) is 0 Å². The van der Waals surface area contributed by atoms with Crippen LogP contribution < -0.4 is 0 Å². The number of allylic oxidation sites excluding steroid dienone is 2. The summed E-state index contributed by atoms with van der Waals surface area (Å²) in [7, 11) is 0. The van der Waals surface area contributed by atoms with E-state index in [4.69, 9.17) is 0 Å². The maximum absolute atomic E-state index is 2.44. The van der Waals surface area contributed by atoms with Crippen LogP contribution in [0.2, 0.25) is 0 Å². The number of hydrogen-bond acceptors (Lipinski definition) is 0. The predicted molar refractivity (Wildman–Crippen MR) is 30.0 cm³/mol. The third-order valence-electron chi connectivity index (χ3n) is 2.26. The smallest absolute Gasteiger partial charge is 0.0165 e. The van der Waals surface area contributed by atoms with Gasteiger partial charge >= 0.3 is 0 Å². The van der Waals surface area contributed by atoms with Crippen molar-refractivity contribution in [2.45, 2.75) is 19.8 Å². The molecule has 1 fully saturated rings. The van der Waals surface area contributed by atoms with Gasteiger partial charge in [-0.05, 0) is 24.7 Å². The van der Waals surface area contributed by atoms with Gasteiger partial charge in [-0.15, -0.1) is 0 Å². The van der Waals surface area contributed by atoms with E-state index in [1.165, 1.54) is 12.8 Å². The molecule has 38 valence electrons. The van der Waals surface area contributed by atoms with Gasteiger partial charge in [0, 0.05) is 0 Å². The molecule has 0 aromatic rings. The SMILES string of the molecule is CC1CC2=CC1C2. The molecule has 0 heteroatoms. The summed E-state index contributed by atoms with van der Waals surface area (Å²) in [5, 5.41) is 0. The monoisotopic (exact) mass is 94.1 g/mol. The van der Waals surface area contributed by atoms with Crippen LogP contribution in [0.1, 0.15) is 19.8 Å². The Morgan fingerprint density at radius 1 is 1.57 bits per heavy atom. The van der Waals surface area contributed by atoms with Gasteiger partial charge in [-0.2, -0.15) is 0 Å². The lowest BCUT2D eigenvalue weighted by Crippen LogP contribution is -2.01. The molecular formula is C7H10. The largest absolute Gasteiger partial charge is 0.0816 e. The summed E-state index contributed by atoms with van der Waals surface area (Å²) in [6.45, 7) is 2.35. The van der Waals surface area contributed by atoms with Gasteiger partial charge in [0.2, 0.25) is 0 Å². The fourth-order valence-electron chi connectivity index (χ4n) is 1.65. The van der Waals surface area contributed by atoms with Crippen molar-refractivity contribution in [1.82, 2.24) is 0 Å². The van der Waals surface area contributed by atoms with E-state index in [-0.39, 0.29) is 0 Å². The van der Waals surface area contributed by atoms with Crippen LogP contribution in [-0.2, 0) is 0 Å². The van der Waals surface area contributed by atoms with E-state index < -0.39 is 0 Å². The summed E-state index contributed by atoms with van der Waals surface area (Å²) in [6.07, 6.45) is 5.27. The number of hydrogen-bond donors (Lipinski definition) is 0. The maximum Gasteiger partial charge on any atom is -0.0165 e. The molecule has 0 saturated heterocycles. The van der Waals surface area contributed by atoms with Gasteiger partial charge in [0.05, 0.1) is 0 Å².